The molecule has 156 valence electrons. The highest BCUT2D eigenvalue weighted by Crippen LogP contribution is 2.33. The van der Waals surface area contributed by atoms with Crippen molar-refractivity contribution in [1.82, 2.24) is 19.6 Å². The average Bonchev–Trinajstić information content (AvgIpc) is 3.09. The van der Waals surface area contributed by atoms with Crippen LogP contribution in [0.15, 0.2) is 30.5 Å². The standard InChI is InChI=1S/C22H30ClN5O/c1-26-15-18(20(25-26)17-6-5-7-19(23)14-17)16-27-12-8-22(9-13-27,21(24)29)28-10-3-2-4-11-28/h5-7,14-15H,2-4,8-13,16H2,1H3,(H2,24,29). The van der Waals surface area contributed by atoms with Crippen molar-refractivity contribution in [1.29, 1.82) is 0 Å². The number of hydrogen-bond donors (Lipinski definition) is 1. The second-order valence-corrected chi connectivity index (χ2v) is 8.84. The summed E-state index contributed by atoms with van der Waals surface area (Å²) in [7, 11) is 1.95. The zero-order chi connectivity index (χ0) is 20.4. The summed E-state index contributed by atoms with van der Waals surface area (Å²) in [6.07, 6.45) is 7.26. The fourth-order valence-corrected chi connectivity index (χ4v) is 5.08. The number of hydrogen-bond acceptors (Lipinski definition) is 4. The molecule has 1 aromatic carbocycles. The molecule has 0 atom stereocenters. The first-order valence-electron chi connectivity index (χ1n) is 10.5. The van der Waals surface area contributed by atoms with E-state index in [4.69, 9.17) is 17.3 Å². The van der Waals surface area contributed by atoms with Gasteiger partial charge in [0.2, 0.25) is 5.91 Å². The van der Waals surface area contributed by atoms with Crippen LogP contribution in [-0.4, -0.2) is 57.2 Å². The maximum absolute atomic E-state index is 12.5. The minimum absolute atomic E-state index is 0.153. The van der Waals surface area contributed by atoms with Gasteiger partial charge in [-0.25, -0.2) is 0 Å². The van der Waals surface area contributed by atoms with Gasteiger partial charge in [0.25, 0.3) is 0 Å². The van der Waals surface area contributed by atoms with E-state index in [1.807, 2.05) is 36.0 Å². The van der Waals surface area contributed by atoms with Gasteiger partial charge in [0.1, 0.15) is 5.54 Å². The minimum atomic E-state index is -0.471. The number of amides is 1. The molecule has 7 heteroatoms. The number of aromatic nitrogens is 2. The summed E-state index contributed by atoms with van der Waals surface area (Å²) in [5.41, 5.74) is 8.64. The Kier molecular flexibility index (Phi) is 5.95. The Morgan fingerprint density at radius 1 is 1.17 bits per heavy atom. The zero-order valence-electron chi connectivity index (χ0n) is 17.1. The Morgan fingerprint density at radius 2 is 1.90 bits per heavy atom. The molecule has 0 unspecified atom stereocenters. The number of primary amides is 1. The number of likely N-dealkylation sites (tertiary alicyclic amines) is 2. The lowest BCUT2D eigenvalue weighted by Gasteiger charge is -2.48. The van der Waals surface area contributed by atoms with Gasteiger partial charge in [-0.05, 0) is 50.9 Å². The molecule has 0 radical (unpaired) electrons. The van der Waals surface area contributed by atoms with Gasteiger partial charge in [0.15, 0.2) is 0 Å². The van der Waals surface area contributed by atoms with E-state index in [9.17, 15) is 4.79 Å². The predicted octanol–water partition coefficient (Wildman–Crippen LogP) is 3.05. The molecule has 2 N–H and O–H groups in total. The third kappa shape index (κ3) is 4.20. The van der Waals surface area contributed by atoms with Crippen molar-refractivity contribution in [3.05, 3.63) is 41.0 Å². The van der Waals surface area contributed by atoms with Gasteiger partial charge < -0.3 is 5.73 Å². The molecule has 3 heterocycles. The van der Waals surface area contributed by atoms with E-state index in [1.54, 1.807) is 0 Å². The van der Waals surface area contributed by atoms with Crippen molar-refractivity contribution in [2.45, 2.75) is 44.2 Å². The summed E-state index contributed by atoms with van der Waals surface area (Å²) in [5.74, 6) is -0.153. The first kappa shape index (κ1) is 20.4. The number of halogens is 1. The molecule has 29 heavy (non-hydrogen) atoms. The summed E-state index contributed by atoms with van der Waals surface area (Å²) in [6, 6.07) is 7.83. The van der Waals surface area contributed by atoms with Crippen LogP contribution in [0.5, 0.6) is 0 Å². The fourth-order valence-electron chi connectivity index (χ4n) is 4.89. The topological polar surface area (TPSA) is 67.4 Å². The van der Waals surface area contributed by atoms with Gasteiger partial charge in [0.05, 0.1) is 5.69 Å². The van der Waals surface area contributed by atoms with Crippen LogP contribution < -0.4 is 5.73 Å². The van der Waals surface area contributed by atoms with Gasteiger partial charge in [-0.1, -0.05) is 30.2 Å². The average molecular weight is 416 g/mol. The highest BCUT2D eigenvalue weighted by atomic mass is 35.5. The Hall–Kier alpha value is -1.89. The van der Waals surface area contributed by atoms with Crippen molar-refractivity contribution in [3.8, 4) is 11.3 Å². The molecule has 4 rings (SSSR count). The number of carbonyl (C=O) groups excluding carboxylic acids is 1. The second kappa shape index (κ2) is 8.46. The highest BCUT2D eigenvalue weighted by molar-refractivity contribution is 6.30. The fraction of sp³-hybridized carbons (Fsp3) is 0.545. The Balaban J connectivity index is 1.48. The van der Waals surface area contributed by atoms with E-state index in [1.165, 1.54) is 12.0 Å². The molecule has 2 saturated heterocycles. The monoisotopic (exact) mass is 415 g/mol. The normalized spacial score (nSPS) is 20.6. The van der Waals surface area contributed by atoms with Crippen molar-refractivity contribution in [2.24, 2.45) is 12.8 Å². The van der Waals surface area contributed by atoms with E-state index < -0.39 is 5.54 Å². The number of aryl methyl sites for hydroxylation is 1. The van der Waals surface area contributed by atoms with Gasteiger partial charge in [0, 0.05) is 49.0 Å². The van der Waals surface area contributed by atoms with E-state index in [-0.39, 0.29) is 5.91 Å². The molecular weight excluding hydrogens is 386 g/mol. The smallest absolute Gasteiger partial charge is 0.238 e. The molecular formula is C22H30ClN5O. The first-order valence-corrected chi connectivity index (χ1v) is 10.9. The number of benzene rings is 1. The lowest BCUT2D eigenvalue weighted by molar-refractivity contribution is -0.135. The molecule has 0 saturated carbocycles. The van der Waals surface area contributed by atoms with E-state index in [0.29, 0.717) is 5.02 Å². The van der Waals surface area contributed by atoms with Crippen molar-refractivity contribution < 1.29 is 4.79 Å². The zero-order valence-corrected chi connectivity index (χ0v) is 17.9. The summed E-state index contributed by atoms with van der Waals surface area (Å²) < 4.78 is 1.86. The van der Waals surface area contributed by atoms with Crippen LogP contribution in [0.4, 0.5) is 0 Å². The van der Waals surface area contributed by atoms with Crippen LogP contribution in [-0.2, 0) is 18.4 Å². The van der Waals surface area contributed by atoms with Gasteiger partial charge >= 0.3 is 0 Å². The van der Waals surface area contributed by atoms with Crippen molar-refractivity contribution >= 4 is 17.5 Å². The molecule has 2 aliphatic heterocycles. The molecule has 2 aromatic rings. The molecule has 6 nitrogen and oxygen atoms in total. The molecule has 2 fully saturated rings. The molecule has 0 spiro atoms. The Bertz CT molecular complexity index is 866. The lowest BCUT2D eigenvalue weighted by Crippen LogP contribution is -2.63. The van der Waals surface area contributed by atoms with Crippen LogP contribution in [0.25, 0.3) is 11.3 Å². The Morgan fingerprint density at radius 3 is 2.55 bits per heavy atom. The Labute approximate surface area is 177 Å². The number of nitrogens with zero attached hydrogens (tertiary/aromatic N) is 4. The number of rotatable bonds is 5. The third-order valence-corrected chi connectivity index (χ3v) is 6.73. The summed E-state index contributed by atoms with van der Waals surface area (Å²) in [5, 5.41) is 5.38. The molecule has 1 aromatic heterocycles. The number of carbonyl (C=O) groups is 1. The van der Waals surface area contributed by atoms with E-state index in [2.05, 4.69) is 21.1 Å². The van der Waals surface area contributed by atoms with E-state index in [0.717, 1.165) is 69.7 Å². The lowest BCUT2D eigenvalue weighted by atomic mass is 9.83. The number of nitrogens with two attached hydrogens (primary N) is 1. The van der Waals surface area contributed by atoms with Crippen LogP contribution in [0.3, 0.4) is 0 Å². The van der Waals surface area contributed by atoms with Crippen LogP contribution >= 0.6 is 11.6 Å². The van der Waals surface area contributed by atoms with Crippen molar-refractivity contribution in [3.63, 3.8) is 0 Å². The van der Waals surface area contributed by atoms with Crippen molar-refractivity contribution in [2.75, 3.05) is 26.2 Å². The second-order valence-electron chi connectivity index (χ2n) is 8.41. The van der Waals surface area contributed by atoms with Crippen LogP contribution in [0, 0.1) is 0 Å². The van der Waals surface area contributed by atoms with Gasteiger partial charge in [-0.3, -0.25) is 19.3 Å². The molecule has 2 aliphatic rings. The number of piperidine rings is 2. The maximum atomic E-state index is 12.5. The van der Waals surface area contributed by atoms with Gasteiger partial charge in [-0.2, -0.15) is 5.10 Å². The highest BCUT2D eigenvalue weighted by Gasteiger charge is 2.45. The third-order valence-electron chi connectivity index (χ3n) is 6.50. The summed E-state index contributed by atoms with van der Waals surface area (Å²) in [6.45, 7) is 4.52. The van der Waals surface area contributed by atoms with E-state index >= 15 is 0 Å². The van der Waals surface area contributed by atoms with Crippen LogP contribution in [0.2, 0.25) is 5.02 Å². The maximum Gasteiger partial charge on any atom is 0.238 e. The molecule has 1 amide bonds. The summed E-state index contributed by atoms with van der Waals surface area (Å²) in [4.78, 5) is 17.2. The SMILES string of the molecule is Cn1cc(CN2CCC(C(N)=O)(N3CCCCC3)CC2)c(-c2cccc(Cl)c2)n1. The molecule has 0 bridgehead atoms. The summed E-state index contributed by atoms with van der Waals surface area (Å²) >= 11 is 6.19. The predicted molar refractivity (Wildman–Crippen MR) is 116 cm³/mol. The quantitative estimate of drug-likeness (QED) is 0.814. The largest absolute Gasteiger partial charge is 0.368 e. The first-order chi connectivity index (χ1) is 14.0. The minimum Gasteiger partial charge on any atom is -0.368 e. The molecule has 0 aliphatic carbocycles. The van der Waals surface area contributed by atoms with Gasteiger partial charge in [-0.15, -0.1) is 0 Å². The van der Waals surface area contributed by atoms with Crippen LogP contribution in [0.1, 0.15) is 37.7 Å².